The normalized spacial score (nSPS) is 10.5. The van der Waals surface area contributed by atoms with Gasteiger partial charge in [-0.3, -0.25) is 4.68 Å². The Bertz CT molecular complexity index is 470. The minimum atomic E-state index is 0.566. The second-order valence-electron chi connectivity index (χ2n) is 3.33. The van der Waals surface area contributed by atoms with E-state index in [2.05, 4.69) is 43.0 Å². The maximum absolute atomic E-state index is 4.98. The summed E-state index contributed by atoms with van der Waals surface area (Å²) in [6, 6.07) is 0. The van der Waals surface area contributed by atoms with Crippen LogP contribution in [0.4, 0.5) is 11.6 Å². The molecular weight excluding hydrogens is 333 g/mol. The van der Waals surface area contributed by atoms with Gasteiger partial charge in [-0.05, 0) is 22.6 Å². The van der Waals surface area contributed by atoms with Crippen molar-refractivity contribution in [1.82, 2.24) is 19.7 Å². The molecule has 2 heterocycles. The van der Waals surface area contributed by atoms with Gasteiger partial charge in [-0.25, -0.2) is 9.97 Å². The molecule has 17 heavy (non-hydrogen) atoms. The van der Waals surface area contributed by atoms with Crippen LogP contribution < -0.4 is 5.32 Å². The van der Waals surface area contributed by atoms with Crippen molar-refractivity contribution in [1.29, 1.82) is 0 Å². The summed E-state index contributed by atoms with van der Waals surface area (Å²) in [6.07, 6.45) is 7.13. The summed E-state index contributed by atoms with van der Waals surface area (Å²) in [7, 11) is 1.67. The molecule has 0 bridgehead atoms. The van der Waals surface area contributed by atoms with Crippen LogP contribution in [0.1, 0.15) is 0 Å². The molecule has 0 saturated heterocycles. The number of methoxy groups -OCH3 is 1. The average molecular weight is 345 g/mol. The number of ether oxygens (including phenoxy) is 1. The maximum Gasteiger partial charge on any atom is 0.227 e. The predicted molar refractivity (Wildman–Crippen MR) is 72.1 cm³/mol. The Morgan fingerprint density at radius 1 is 1.35 bits per heavy atom. The van der Waals surface area contributed by atoms with Gasteiger partial charge in [0.15, 0.2) is 0 Å². The van der Waals surface area contributed by atoms with Gasteiger partial charge in [-0.1, -0.05) is 0 Å². The van der Waals surface area contributed by atoms with Crippen LogP contribution in [0.25, 0.3) is 0 Å². The number of rotatable bonds is 5. The van der Waals surface area contributed by atoms with Gasteiger partial charge in [0.05, 0.1) is 25.0 Å². The number of halogens is 1. The van der Waals surface area contributed by atoms with Crippen molar-refractivity contribution in [3.8, 4) is 0 Å². The zero-order chi connectivity index (χ0) is 12.1. The molecule has 0 unspecified atom stereocenters. The molecular formula is C10H12IN5O. The minimum absolute atomic E-state index is 0.566. The van der Waals surface area contributed by atoms with Gasteiger partial charge in [0.25, 0.3) is 0 Å². The van der Waals surface area contributed by atoms with Crippen LogP contribution in [0.5, 0.6) is 0 Å². The van der Waals surface area contributed by atoms with Gasteiger partial charge in [0.1, 0.15) is 0 Å². The van der Waals surface area contributed by atoms with Crippen LogP contribution >= 0.6 is 22.6 Å². The molecule has 0 aliphatic heterocycles. The lowest BCUT2D eigenvalue weighted by molar-refractivity contribution is 0.183. The van der Waals surface area contributed by atoms with E-state index >= 15 is 0 Å². The van der Waals surface area contributed by atoms with E-state index in [0.717, 1.165) is 15.8 Å². The van der Waals surface area contributed by atoms with E-state index in [9.17, 15) is 0 Å². The van der Waals surface area contributed by atoms with Crippen molar-refractivity contribution >= 4 is 34.2 Å². The van der Waals surface area contributed by atoms with Gasteiger partial charge in [0, 0.05) is 29.3 Å². The third-order valence-electron chi connectivity index (χ3n) is 2.03. The Hall–Kier alpha value is -1.22. The third kappa shape index (κ3) is 3.63. The molecule has 7 heteroatoms. The number of nitrogens with one attached hydrogen (secondary N) is 1. The van der Waals surface area contributed by atoms with Crippen LogP contribution in [0.2, 0.25) is 0 Å². The smallest absolute Gasteiger partial charge is 0.227 e. The molecule has 0 saturated carbocycles. The van der Waals surface area contributed by atoms with E-state index in [1.54, 1.807) is 30.4 Å². The standard InChI is InChI=1S/C10H12IN5O/c1-17-3-2-16-7-9(6-14-16)15-10-12-4-8(11)5-13-10/h4-7H,2-3H2,1H3,(H,12,13,15). The van der Waals surface area contributed by atoms with E-state index in [1.165, 1.54) is 0 Å². The first-order chi connectivity index (χ1) is 8.28. The first-order valence-electron chi connectivity index (χ1n) is 5.04. The van der Waals surface area contributed by atoms with Crippen LogP contribution in [0.15, 0.2) is 24.8 Å². The zero-order valence-corrected chi connectivity index (χ0v) is 11.5. The second-order valence-corrected chi connectivity index (χ2v) is 4.58. The molecule has 2 rings (SSSR count). The molecule has 1 N–H and O–H groups in total. The highest BCUT2D eigenvalue weighted by Crippen LogP contribution is 2.11. The third-order valence-corrected chi connectivity index (χ3v) is 2.59. The summed E-state index contributed by atoms with van der Waals surface area (Å²) < 4.78 is 7.79. The molecule has 0 aliphatic rings. The predicted octanol–water partition coefficient (Wildman–Crippen LogP) is 1.67. The Morgan fingerprint density at radius 2 is 2.12 bits per heavy atom. The van der Waals surface area contributed by atoms with E-state index in [1.807, 2.05) is 6.20 Å². The highest BCUT2D eigenvalue weighted by molar-refractivity contribution is 14.1. The highest BCUT2D eigenvalue weighted by atomic mass is 127. The number of hydrogen-bond donors (Lipinski definition) is 1. The van der Waals surface area contributed by atoms with Crippen molar-refractivity contribution in [3.05, 3.63) is 28.4 Å². The van der Waals surface area contributed by atoms with Crippen LogP contribution in [0, 0.1) is 3.57 Å². The van der Waals surface area contributed by atoms with Gasteiger partial charge in [-0.15, -0.1) is 0 Å². The first kappa shape index (κ1) is 12.2. The summed E-state index contributed by atoms with van der Waals surface area (Å²) in [6.45, 7) is 1.37. The number of hydrogen-bond acceptors (Lipinski definition) is 5. The van der Waals surface area contributed by atoms with E-state index in [-0.39, 0.29) is 0 Å². The number of anilines is 2. The molecule has 0 radical (unpaired) electrons. The van der Waals surface area contributed by atoms with Gasteiger partial charge >= 0.3 is 0 Å². The summed E-state index contributed by atoms with van der Waals surface area (Å²) in [5.74, 6) is 0.566. The lowest BCUT2D eigenvalue weighted by Gasteiger charge is -2.01. The van der Waals surface area contributed by atoms with Crippen LogP contribution in [-0.2, 0) is 11.3 Å². The maximum atomic E-state index is 4.98. The average Bonchev–Trinajstić information content (AvgIpc) is 2.77. The lowest BCUT2D eigenvalue weighted by Crippen LogP contribution is -2.04. The second kappa shape index (κ2) is 5.92. The fraction of sp³-hybridized carbons (Fsp3) is 0.300. The number of aromatic nitrogens is 4. The zero-order valence-electron chi connectivity index (χ0n) is 9.30. The van der Waals surface area contributed by atoms with Gasteiger partial charge in [-0.2, -0.15) is 5.10 Å². The van der Waals surface area contributed by atoms with Crippen molar-refractivity contribution in [2.45, 2.75) is 6.54 Å². The Labute approximate surface area is 113 Å². The quantitative estimate of drug-likeness (QED) is 0.836. The molecule has 0 fully saturated rings. The monoisotopic (exact) mass is 345 g/mol. The SMILES string of the molecule is COCCn1cc(Nc2ncc(I)cn2)cn1. The molecule has 2 aromatic rings. The molecule has 0 spiro atoms. The largest absolute Gasteiger partial charge is 0.383 e. The molecule has 2 aromatic heterocycles. The lowest BCUT2D eigenvalue weighted by atomic mass is 10.5. The van der Waals surface area contributed by atoms with E-state index in [0.29, 0.717) is 12.6 Å². The summed E-state index contributed by atoms with van der Waals surface area (Å²) in [5.41, 5.74) is 0.863. The first-order valence-corrected chi connectivity index (χ1v) is 6.12. The van der Waals surface area contributed by atoms with Crippen molar-refractivity contribution in [3.63, 3.8) is 0 Å². The van der Waals surface area contributed by atoms with Crippen molar-refractivity contribution < 1.29 is 4.74 Å². The summed E-state index contributed by atoms with van der Waals surface area (Å²) in [5, 5.41) is 7.26. The van der Waals surface area contributed by atoms with E-state index in [4.69, 9.17) is 4.74 Å². The fourth-order valence-electron chi connectivity index (χ4n) is 1.24. The molecule has 0 aromatic carbocycles. The topological polar surface area (TPSA) is 64.9 Å². The molecule has 90 valence electrons. The Balaban J connectivity index is 1.98. The highest BCUT2D eigenvalue weighted by Gasteiger charge is 2.00. The molecule has 0 aliphatic carbocycles. The minimum Gasteiger partial charge on any atom is -0.383 e. The Kier molecular flexibility index (Phi) is 4.26. The van der Waals surface area contributed by atoms with Crippen molar-refractivity contribution in [2.75, 3.05) is 19.0 Å². The Morgan fingerprint density at radius 3 is 2.82 bits per heavy atom. The summed E-state index contributed by atoms with van der Waals surface area (Å²) >= 11 is 2.16. The van der Waals surface area contributed by atoms with Gasteiger partial charge < -0.3 is 10.1 Å². The molecule has 0 amide bonds. The number of nitrogens with zero attached hydrogens (tertiary/aromatic N) is 4. The van der Waals surface area contributed by atoms with Gasteiger partial charge in [0.2, 0.25) is 5.95 Å². The summed E-state index contributed by atoms with van der Waals surface area (Å²) in [4.78, 5) is 8.31. The fourth-order valence-corrected chi connectivity index (χ4v) is 1.52. The molecule has 0 atom stereocenters. The van der Waals surface area contributed by atoms with Crippen molar-refractivity contribution in [2.24, 2.45) is 0 Å². The van der Waals surface area contributed by atoms with Crippen LogP contribution in [0.3, 0.4) is 0 Å². The molecule has 6 nitrogen and oxygen atoms in total. The van der Waals surface area contributed by atoms with Crippen LogP contribution in [-0.4, -0.2) is 33.5 Å². The van der Waals surface area contributed by atoms with E-state index < -0.39 is 0 Å².